The van der Waals surface area contributed by atoms with E-state index in [-0.39, 0.29) is 6.54 Å². The van der Waals surface area contributed by atoms with E-state index in [9.17, 15) is 14.0 Å². The summed E-state index contributed by atoms with van der Waals surface area (Å²) in [6.07, 6.45) is 1.23. The molecule has 7 heteroatoms. The summed E-state index contributed by atoms with van der Waals surface area (Å²) in [4.78, 5) is 24.6. The van der Waals surface area contributed by atoms with Gasteiger partial charge in [0.05, 0.1) is 10.4 Å². The molecule has 1 unspecified atom stereocenters. The van der Waals surface area contributed by atoms with Gasteiger partial charge in [-0.1, -0.05) is 0 Å². The second kappa shape index (κ2) is 6.43. The van der Waals surface area contributed by atoms with Gasteiger partial charge in [-0.15, -0.1) is 0 Å². The highest BCUT2D eigenvalue weighted by Gasteiger charge is 2.28. The molecule has 0 saturated carbocycles. The summed E-state index contributed by atoms with van der Waals surface area (Å²) in [6, 6.07) is 2.43. The van der Waals surface area contributed by atoms with Crippen LogP contribution >= 0.6 is 15.9 Å². The van der Waals surface area contributed by atoms with Crippen LogP contribution in [0.5, 0.6) is 0 Å². The number of benzene rings is 1. The molecular weight excluding hydrogens is 343 g/mol. The predicted molar refractivity (Wildman–Crippen MR) is 79.8 cm³/mol. The van der Waals surface area contributed by atoms with Gasteiger partial charge in [-0.3, -0.25) is 4.79 Å². The minimum atomic E-state index is -0.890. The summed E-state index contributed by atoms with van der Waals surface area (Å²) < 4.78 is 13.9. The molecule has 0 bridgehead atoms. The van der Waals surface area contributed by atoms with E-state index in [1.165, 1.54) is 11.0 Å². The topological polar surface area (TPSA) is 69.6 Å². The Kier molecular flexibility index (Phi) is 4.82. The Hall–Kier alpha value is -1.63. The summed E-state index contributed by atoms with van der Waals surface area (Å²) in [7, 11) is 0. The summed E-state index contributed by atoms with van der Waals surface area (Å²) in [6.45, 7) is 2.45. The summed E-state index contributed by atoms with van der Waals surface area (Å²) >= 11 is 3.08. The Morgan fingerprint density at radius 1 is 1.48 bits per heavy atom. The molecule has 0 spiro atoms. The minimum Gasteiger partial charge on any atom is -0.481 e. The van der Waals surface area contributed by atoms with E-state index in [2.05, 4.69) is 21.2 Å². The van der Waals surface area contributed by atoms with Crippen LogP contribution in [0.2, 0.25) is 0 Å². The van der Waals surface area contributed by atoms with Gasteiger partial charge in [0.2, 0.25) is 0 Å². The zero-order chi connectivity index (χ0) is 15.6. The van der Waals surface area contributed by atoms with E-state index < -0.39 is 23.7 Å². The highest BCUT2D eigenvalue weighted by Crippen LogP contribution is 2.25. The van der Waals surface area contributed by atoms with E-state index in [0.29, 0.717) is 29.5 Å². The van der Waals surface area contributed by atoms with Gasteiger partial charge in [-0.2, -0.15) is 0 Å². The van der Waals surface area contributed by atoms with E-state index in [4.69, 9.17) is 5.11 Å². The Labute approximate surface area is 130 Å². The van der Waals surface area contributed by atoms with Crippen LogP contribution in [-0.2, 0) is 4.79 Å². The quantitative estimate of drug-likeness (QED) is 0.852. The van der Waals surface area contributed by atoms with Crippen LogP contribution in [0, 0.1) is 18.7 Å². The standard InChI is InChI=1S/C14H16BrFN2O3/c1-8-5-10(15)11(16)6-12(8)17-14(21)18-4-2-3-9(7-18)13(19)20/h5-6,9H,2-4,7H2,1H3,(H,17,21)(H,19,20). The molecule has 114 valence electrons. The predicted octanol–water partition coefficient (Wildman–Crippen LogP) is 3.23. The van der Waals surface area contributed by atoms with Crippen molar-refractivity contribution in [2.24, 2.45) is 5.92 Å². The number of anilines is 1. The molecule has 2 rings (SSSR count). The van der Waals surface area contributed by atoms with Crippen molar-refractivity contribution < 1.29 is 19.1 Å². The lowest BCUT2D eigenvalue weighted by Crippen LogP contribution is -2.44. The molecule has 21 heavy (non-hydrogen) atoms. The lowest BCUT2D eigenvalue weighted by Gasteiger charge is -2.30. The molecule has 1 aromatic rings. The monoisotopic (exact) mass is 358 g/mol. The SMILES string of the molecule is Cc1cc(Br)c(F)cc1NC(=O)N1CCCC(C(=O)O)C1. The van der Waals surface area contributed by atoms with Crippen LogP contribution in [0.25, 0.3) is 0 Å². The molecule has 0 aromatic heterocycles. The first-order chi connectivity index (χ1) is 9.88. The van der Waals surface area contributed by atoms with Crippen LogP contribution < -0.4 is 5.32 Å². The zero-order valence-electron chi connectivity index (χ0n) is 11.5. The molecule has 2 amide bonds. The van der Waals surface area contributed by atoms with E-state index >= 15 is 0 Å². The Balaban J connectivity index is 2.07. The van der Waals surface area contributed by atoms with Crippen LogP contribution in [0.15, 0.2) is 16.6 Å². The number of aryl methyl sites for hydroxylation is 1. The number of nitrogens with one attached hydrogen (secondary N) is 1. The number of hydrogen-bond acceptors (Lipinski definition) is 2. The number of amides is 2. The first-order valence-corrected chi connectivity index (χ1v) is 7.42. The number of carboxylic acids is 1. The van der Waals surface area contributed by atoms with E-state index in [1.807, 2.05) is 0 Å². The van der Waals surface area contributed by atoms with Crippen LogP contribution in [-0.4, -0.2) is 35.1 Å². The smallest absolute Gasteiger partial charge is 0.321 e. The number of halogens is 2. The molecule has 1 atom stereocenters. The third-order valence-corrected chi connectivity index (χ3v) is 4.17. The van der Waals surface area contributed by atoms with Gasteiger partial charge < -0.3 is 15.3 Å². The molecule has 1 aromatic carbocycles. The maximum absolute atomic E-state index is 13.5. The lowest BCUT2D eigenvalue weighted by molar-refractivity contribution is -0.143. The van der Waals surface area contributed by atoms with Crippen LogP contribution in [0.1, 0.15) is 18.4 Å². The molecule has 1 fully saturated rings. The molecule has 1 aliphatic heterocycles. The fourth-order valence-corrected chi connectivity index (χ4v) is 2.80. The summed E-state index contributed by atoms with van der Waals surface area (Å²) in [5, 5.41) is 11.7. The number of likely N-dealkylation sites (tertiary alicyclic amines) is 1. The van der Waals surface area contributed by atoms with Crippen molar-refractivity contribution in [3.05, 3.63) is 28.0 Å². The average Bonchev–Trinajstić information content (AvgIpc) is 2.44. The average molecular weight is 359 g/mol. The number of carbonyl (C=O) groups is 2. The van der Waals surface area contributed by atoms with Crippen molar-refractivity contribution in [1.29, 1.82) is 0 Å². The molecule has 0 aliphatic carbocycles. The van der Waals surface area contributed by atoms with E-state index in [0.717, 1.165) is 5.56 Å². The van der Waals surface area contributed by atoms with Crippen molar-refractivity contribution in [3.8, 4) is 0 Å². The molecule has 5 nitrogen and oxygen atoms in total. The van der Waals surface area contributed by atoms with Crippen molar-refractivity contribution >= 4 is 33.6 Å². The number of piperidine rings is 1. The minimum absolute atomic E-state index is 0.180. The Morgan fingerprint density at radius 3 is 2.86 bits per heavy atom. The second-order valence-corrected chi connectivity index (χ2v) is 5.99. The van der Waals surface area contributed by atoms with Crippen LogP contribution in [0.3, 0.4) is 0 Å². The normalized spacial score (nSPS) is 18.4. The molecule has 2 N–H and O–H groups in total. The number of rotatable bonds is 2. The number of aliphatic carboxylic acids is 1. The fraction of sp³-hybridized carbons (Fsp3) is 0.429. The van der Waals surface area contributed by atoms with Crippen LogP contribution in [0.4, 0.5) is 14.9 Å². The van der Waals surface area contributed by atoms with E-state index in [1.54, 1.807) is 13.0 Å². The third kappa shape index (κ3) is 3.72. The maximum Gasteiger partial charge on any atom is 0.321 e. The van der Waals surface area contributed by atoms with Gasteiger partial charge >= 0.3 is 12.0 Å². The first kappa shape index (κ1) is 15.8. The molecule has 1 saturated heterocycles. The first-order valence-electron chi connectivity index (χ1n) is 6.63. The number of nitrogens with zero attached hydrogens (tertiary/aromatic N) is 1. The van der Waals surface area contributed by atoms with Gasteiger partial charge in [-0.05, 0) is 53.4 Å². The maximum atomic E-state index is 13.5. The van der Waals surface area contributed by atoms with Gasteiger partial charge in [-0.25, -0.2) is 9.18 Å². The molecule has 1 heterocycles. The Bertz CT molecular complexity index is 580. The fourth-order valence-electron chi connectivity index (χ4n) is 2.34. The number of carbonyl (C=O) groups excluding carboxylic acids is 1. The van der Waals surface area contributed by atoms with Crippen molar-refractivity contribution in [3.63, 3.8) is 0 Å². The largest absolute Gasteiger partial charge is 0.481 e. The Morgan fingerprint density at radius 2 is 2.19 bits per heavy atom. The molecular formula is C14H16BrFN2O3. The summed E-state index contributed by atoms with van der Waals surface area (Å²) in [5.74, 6) is -1.89. The highest BCUT2D eigenvalue weighted by molar-refractivity contribution is 9.10. The van der Waals surface area contributed by atoms with Crippen molar-refractivity contribution in [2.45, 2.75) is 19.8 Å². The number of urea groups is 1. The lowest BCUT2D eigenvalue weighted by atomic mass is 9.99. The van der Waals surface area contributed by atoms with Gasteiger partial charge in [0, 0.05) is 18.8 Å². The second-order valence-electron chi connectivity index (χ2n) is 5.13. The zero-order valence-corrected chi connectivity index (χ0v) is 13.1. The molecule has 1 aliphatic rings. The van der Waals surface area contributed by atoms with Gasteiger partial charge in [0.25, 0.3) is 0 Å². The third-order valence-electron chi connectivity index (χ3n) is 3.57. The van der Waals surface area contributed by atoms with Gasteiger partial charge in [0.1, 0.15) is 5.82 Å². The highest BCUT2D eigenvalue weighted by atomic mass is 79.9. The van der Waals surface area contributed by atoms with Crippen molar-refractivity contribution in [2.75, 3.05) is 18.4 Å². The van der Waals surface area contributed by atoms with Crippen molar-refractivity contribution in [1.82, 2.24) is 4.90 Å². The number of carboxylic acid groups (broad SMARTS) is 1. The van der Waals surface area contributed by atoms with Gasteiger partial charge in [0.15, 0.2) is 0 Å². The molecule has 0 radical (unpaired) electrons. The summed E-state index contributed by atoms with van der Waals surface area (Å²) in [5.41, 5.74) is 1.11. The number of hydrogen-bond donors (Lipinski definition) is 2.